The number of rotatable bonds is 14. The van der Waals surface area contributed by atoms with Crippen LogP contribution in [-0.4, -0.2) is 50.0 Å². The lowest BCUT2D eigenvalue weighted by atomic mass is 10.0. The Morgan fingerprint density at radius 3 is 1.98 bits per heavy atom. The molecule has 0 aliphatic rings. The molecule has 3 aromatic carbocycles. The number of amides is 2. The van der Waals surface area contributed by atoms with Crippen LogP contribution in [0.15, 0.2) is 78.9 Å². The zero-order valence-corrected chi connectivity index (χ0v) is 25.7. The zero-order chi connectivity index (χ0) is 30.0. The standard InChI is InChI=1S/C33H43N3O4S/c1-6-27(4)34-33(38)31(23-28-14-9-7-10-15-28)35(24-29-16-11-8-12-17-29)32(37)18-13-19-36(41(5,39)40)30-21-25(2)20-26(3)22-30/h7-12,14-17,20-22,27,31H,6,13,18-19,23-24H2,1-5H3,(H,34,38). The van der Waals surface area contributed by atoms with E-state index < -0.39 is 16.1 Å². The Hall–Kier alpha value is -3.65. The molecule has 0 saturated heterocycles. The molecule has 7 nitrogen and oxygen atoms in total. The SMILES string of the molecule is CCC(C)NC(=O)C(Cc1ccccc1)N(Cc1ccccc1)C(=O)CCCN(c1cc(C)cc(C)c1)S(C)(=O)=O. The van der Waals surface area contributed by atoms with Crippen LogP contribution in [0.3, 0.4) is 0 Å². The summed E-state index contributed by atoms with van der Waals surface area (Å²) in [4.78, 5) is 29.2. The van der Waals surface area contributed by atoms with E-state index in [1.165, 1.54) is 10.6 Å². The molecular weight excluding hydrogens is 534 g/mol. The molecule has 0 fully saturated rings. The molecule has 2 atom stereocenters. The van der Waals surface area contributed by atoms with Gasteiger partial charge in [0.25, 0.3) is 0 Å². The molecule has 1 N–H and O–H groups in total. The number of anilines is 1. The molecule has 0 spiro atoms. The summed E-state index contributed by atoms with van der Waals surface area (Å²) in [6.45, 7) is 8.26. The van der Waals surface area contributed by atoms with Gasteiger partial charge in [0.2, 0.25) is 21.8 Å². The molecule has 2 unspecified atom stereocenters. The van der Waals surface area contributed by atoms with Crippen LogP contribution < -0.4 is 9.62 Å². The number of nitrogens with one attached hydrogen (secondary N) is 1. The van der Waals surface area contributed by atoms with E-state index in [1.54, 1.807) is 4.90 Å². The van der Waals surface area contributed by atoms with E-state index in [1.807, 2.05) is 107 Å². The summed E-state index contributed by atoms with van der Waals surface area (Å²) in [6.07, 6.45) is 2.75. The van der Waals surface area contributed by atoms with Gasteiger partial charge in [0.1, 0.15) is 6.04 Å². The molecule has 3 rings (SSSR count). The van der Waals surface area contributed by atoms with E-state index >= 15 is 0 Å². The number of carbonyl (C=O) groups excluding carboxylic acids is 2. The van der Waals surface area contributed by atoms with Gasteiger partial charge in [-0.1, -0.05) is 73.7 Å². The maximum atomic E-state index is 13.9. The van der Waals surface area contributed by atoms with Crippen molar-refractivity contribution in [2.75, 3.05) is 17.1 Å². The van der Waals surface area contributed by atoms with E-state index in [2.05, 4.69) is 5.32 Å². The van der Waals surface area contributed by atoms with Gasteiger partial charge in [-0.3, -0.25) is 13.9 Å². The summed E-state index contributed by atoms with van der Waals surface area (Å²) >= 11 is 0. The van der Waals surface area contributed by atoms with E-state index in [4.69, 9.17) is 0 Å². The first-order valence-electron chi connectivity index (χ1n) is 14.2. The van der Waals surface area contributed by atoms with Gasteiger partial charge in [-0.15, -0.1) is 0 Å². The summed E-state index contributed by atoms with van der Waals surface area (Å²) in [5.41, 5.74) is 4.40. The van der Waals surface area contributed by atoms with E-state index in [0.717, 1.165) is 28.7 Å². The van der Waals surface area contributed by atoms with E-state index in [9.17, 15) is 18.0 Å². The van der Waals surface area contributed by atoms with Gasteiger partial charge >= 0.3 is 0 Å². The molecule has 0 heterocycles. The van der Waals surface area contributed by atoms with Crippen LogP contribution in [0.2, 0.25) is 0 Å². The molecule has 41 heavy (non-hydrogen) atoms. The fraction of sp³-hybridized carbons (Fsp3) is 0.394. The number of aryl methyl sites for hydroxylation is 2. The second-order valence-corrected chi connectivity index (χ2v) is 12.7. The van der Waals surface area contributed by atoms with Crippen molar-refractivity contribution in [2.45, 2.75) is 72.0 Å². The minimum Gasteiger partial charge on any atom is -0.352 e. The largest absolute Gasteiger partial charge is 0.352 e. The van der Waals surface area contributed by atoms with Crippen LogP contribution in [0.4, 0.5) is 5.69 Å². The molecule has 0 aromatic heterocycles. The molecule has 0 radical (unpaired) electrons. The maximum absolute atomic E-state index is 13.9. The number of nitrogens with zero attached hydrogens (tertiary/aromatic N) is 2. The van der Waals surface area contributed by atoms with Crippen molar-refractivity contribution in [3.63, 3.8) is 0 Å². The summed E-state index contributed by atoms with van der Waals surface area (Å²) < 4.78 is 26.8. The Morgan fingerprint density at radius 1 is 0.878 bits per heavy atom. The van der Waals surface area contributed by atoms with Crippen molar-refractivity contribution in [3.8, 4) is 0 Å². The Bertz CT molecular complexity index is 1370. The molecule has 220 valence electrons. The second-order valence-electron chi connectivity index (χ2n) is 10.8. The van der Waals surface area contributed by atoms with Gasteiger partial charge in [-0.25, -0.2) is 8.42 Å². The number of sulfonamides is 1. The monoisotopic (exact) mass is 577 g/mol. The molecule has 8 heteroatoms. The first kappa shape index (κ1) is 31.9. The smallest absolute Gasteiger partial charge is 0.243 e. The second kappa shape index (κ2) is 14.8. The predicted molar refractivity (Wildman–Crippen MR) is 166 cm³/mol. The lowest BCUT2D eigenvalue weighted by Crippen LogP contribution is -2.52. The van der Waals surface area contributed by atoms with Gasteiger partial charge in [-0.2, -0.15) is 0 Å². The van der Waals surface area contributed by atoms with Crippen LogP contribution >= 0.6 is 0 Å². The van der Waals surface area contributed by atoms with Crippen LogP contribution in [0.1, 0.15) is 55.4 Å². The predicted octanol–water partition coefficient (Wildman–Crippen LogP) is 5.40. The topological polar surface area (TPSA) is 86.8 Å². The Morgan fingerprint density at radius 2 is 1.44 bits per heavy atom. The first-order chi connectivity index (χ1) is 19.5. The fourth-order valence-electron chi connectivity index (χ4n) is 4.87. The van der Waals surface area contributed by atoms with Crippen molar-refractivity contribution in [1.29, 1.82) is 0 Å². The lowest BCUT2D eigenvalue weighted by molar-refractivity contribution is -0.141. The van der Waals surface area contributed by atoms with Gasteiger partial charge in [-0.05, 0) is 68.0 Å². The highest BCUT2D eigenvalue weighted by Crippen LogP contribution is 2.23. The minimum absolute atomic E-state index is 0.0319. The molecule has 3 aromatic rings. The molecule has 0 bridgehead atoms. The highest BCUT2D eigenvalue weighted by Gasteiger charge is 2.31. The number of benzene rings is 3. The third-order valence-corrected chi connectivity index (χ3v) is 8.31. The molecule has 0 aliphatic carbocycles. The van der Waals surface area contributed by atoms with Crippen LogP contribution in [0.5, 0.6) is 0 Å². The number of hydrogen-bond acceptors (Lipinski definition) is 4. The lowest BCUT2D eigenvalue weighted by Gasteiger charge is -2.32. The average Bonchev–Trinajstić information content (AvgIpc) is 2.92. The van der Waals surface area contributed by atoms with Crippen molar-refractivity contribution in [1.82, 2.24) is 10.2 Å². The molecule has 2 amide bonds. The Kier molecular flexibility index (Phi) is 11.5. The van der Waals surface area contributed by atoms with Gasteiger partial charge in [0, 0.05) is 32.0 Å². The summed E-state index contributed by atoms with van der Waals surface area (Å²) in [7, 11) is -3.56. The van der Waals surface area contributed by atoms with Crippen molar-refractivity contribution in [3.05, 3.63) is 101 Å². The molecule has 0 aliphatic heterocycles. The highest BCUT2D eigenvalue weighted by atomic mass is 32.2. The van der Waals surface area contributed by atoms with Crippen LogP contribution in [0, 0.1) is 13.8 Å². The molecule has 0 saturated carbocycles. The van der Waals surface area contributed by atoms with Crippen molar-refractivity contribution < 1.29 is 18.0 Å². The highest BCUT2D eigenvalue weighted by molar-refractivity contribution is 7.92. The normalized spacial score (nSPS) is 12.8. The van der Waals surface area contributed by atoms with Crippen molar-refractivity contribution >= 4 is 27.5 Å². The van der Waals surface area contributed by atoms with Gasteiger partial charge < -0.3 is 10.2 Å². The van der Waals surface area contributed by atoms with Crippen molar-refractivity contribution in [2.24, 2.45) is 0 Å². The third kappa shape index (κ3) is 9.74. The quantitative estimate of drug-likeness (QED) is 0.278. The van der Waals surface area contributed by atoms with Gasteiger partial charge in [0.05, 0.1) is 11.9 Å². The third-order valence-electron chi connectivity index (χ3n) is 7.11. The number of carbonyl (C=O) groups is 2. The summed E-state index contributed by atoms with van der Waals surface area (Å²) in [6, 6.07) is 24.2. The maximum Gasteiger partial charge on any atom is 0.243 e. The van der Waals surface area contributed by atoms with E-state index in [-0.39, 0.29) is 37.4 Å². The van der Waals surface area contributed by atoms with Crippen LogP contribution in [-0.2, 0) is 32.6 Å². The summed E-state index contributed by atoms with van der Waals surface area (Å²) in [5, 5.41) is 3.08. The average molecular weight is 578 g/mol. The Balaban J connectivity index is 1.88. The summed E-state index contributed by atoms with van der Waals surface area (Å²) in [5.74, 6) is -0.386. The van der Waals surface area contributed by atoms with Gasteiger partial charge in [0.15, 0.2) is 0 Å². The zero-order valence-electron chi connectivity index (χ0n) is 24.8. The minimum atomic E-state index is -3.56. The number of hydrogen-bond donors (Lipinski definition) is 1. The van der Waals surface area contributed by atoms with Crippen LogP contribution in [0.25, 0.3) is 0 Å². The molecular formula is C33H43N3O4S. The van der Waals surface area contributed by atoms with E-state index in [0.29, 0.717) is 18.5 Å². The Labute approximate surface area is 245 Å². The first-order valence-corrected chi connectivity index (χ1v) is 16.1. The fourth-order valence-corrected chi connectivity index (χ4v) is 5.82.